The number of esters is 1. The van der Waals surface area contributed by atoms with Gasteiger partial charge in [0.15, 0.2) is 0 Å². The number of rotatable bonds is 8. The summed E-state index contributed by atoms with van der Waals surface area (Å²) in [5.41, 5.74) is 1.59. The number of carbonyl (C=O) groups is 1. The predicted octanol–water partition coefficient (Wildman–Crippen LogP) is 5.46. The quantitative estimate of drug-likeness (QED) is 0.379. The van der Waals surface area contributed by atoms with Gasteiger partial charge in [-0.3, -0.25) is 0 Å². The summed E-state index contributed by atoms with van der Waals surface area (Å²) >= 11 is 7.00. The average Bonchev–Trinajstić information content (AvgIpc) is 3.09. The number of hydrogen-bond acceptors (Lipinski definition) is 4. The Morgan fingerprint density at radius 2 is 1.71 bits per heavy atom. The van der Waals surface area contributed by atoms with Crippen LogP contribution in [0.5, 0.6) is 11.5 Å². The first kappa shape index (κ1) is 20.5. The monoisotopic (exact) mass is 507 g/mol. The second kappa shape index (κ2) is 9.80. The number of benzene rings is 2. The van der Waals surface area contributed by atoms with Crippen LogP contribution in [0.4, 0.5) is 0 Å². The molecule has 0 aliphatic rings. The highest BCUT2D eigenvalue weighted by Gasteiger charge is 2.12. The maximum absolute atomic E-state index is 11.6. The minimum atomic E-state index is -0.369. The fourth-order valence-corrected chi connectivity index (χ4v) is 3.60. The number of hydrogen-bond donors (Lipinski definition) is 0. The highest BCUT2D eigenvalue weighted by molar-refractivity contribution is 9.10. The first-order chi connectivity index (χ1) is 13.6. The lowest BCUT2D eigenvalue weighted by Crippen LogP contribution is -2.08. The van der Waals surface area contributed by atoms with Gasteiger partial charge in [-0.1, -0.05) is 36.4 Å². The van der Waals surface area contributed by atoms with Crippen molar-refractivity contribution in [1.82, 2.24) is 4.57 Å². The molecule has 2 aromatic carbocycles. The number of nitrogens with zero attached hydrogens (tertiary/aromatic N) is 1. The van der Waals surface area contributed by atoms with E-state index in [1.807, 2.05) is 53.1 Å². The van der Waals surface area contributed by atoms with Gasteiger partial charge in [-0.25, -0.2) is 4.79 Å². The van der Waals surface area contributed by atoms with Crippen molar-refractivity contribution >= 4 is 37.8 Å². The lowest BCUT2D eigenvalue weighted by atomic mass is 10.2. The Hall–Kier alpha value is -2.25. The van der Waals surface area contributed by atoms with E-state index in [1.54, 1.807) is 12.3 Å². The number of methoxy groups -OCH3 is 1. The van der Waals surface area contributed by atoms with Gasteiger partial charge < -0.3 is 18.8 Å². The summed E-state index contributed by atoms with van der Waals surface area (Å²) in [5.74, 6) is 1.05. The van der Waals surface area contributed by atoms with E-state index in [0.717, 1.165) is 20.4 Å². The highest BCUT2D eigenvalue weighted by Crippen LogP contribution is 2.34. The standard InChI is InChI=1S/C21H19Br2NO4/c1-26-21(25)16-12-19(22)24(13-16)10-11-27-17-8-5-9-18(20(17)23)28-14-15-6-3-2-4-7-15/h2-9,12-13H,10-11,14H2,1H3. The summed E-state index contributed by atoms with van der Waals surface area (Å²) in [6.07, 6.45) is 1.73. The van der Waals surface area contributed by atoms with Gasteiger partial charge in [0.25, 0.3) is 0 Å². The number of aromatic nitrogens is 1. The SMILES string of the molecule is COC(=O)c1cc(Br)n(CCOc2cccc(OCc3ccccc3)c2Br)c1. The van der Waals surface area contributed by atoms with Gasteiger partial charge in [0, 0.05) is 6.20 Å². The Balaban J connectivity index is 1.59. The fraction of sp³-hybridized carbons (Fsp3) is 0.190. The van der Waals surface area contributed by atoms with Crippen LogP contribution in [0.2, 0.25) is 0 Å². The minimum absolute atomic E-state index is 0.369. The lowest BCUT2D eigenvalue weighted by molar-refractivity contribution is 0.0600. The van der Waals surface area contributed by atoms with Gasteiger partial charge in [-0.15, -0.1) is 0 Å². The zero-order chi connectivity index (χ0) is 19.9. The van der Waals surface area contributed by atoms with E-state index in [4.69, 9.17) is 14.2 Å². The molecule has 28 heavy (non-hydrogen) atoms. The van der Waals surface area contributed by atoms with Crippen LogP contribution in [0.3, 0.4) is 0 Å². The average molecular weight is 509 g/mol. The molecule has 0 unspecified atom stereocenters. The molecule has 1 heterocycles. The summed E-state index contributed by atoms with van der Waals surface area (Å²) < 4.78 is 20.0. The molecule has 0 spiro atoms. The molecule has 0 N–H and O–H groups in total. The summed E-state index contributed by atoms with van der Waals surface area (Å²) in [4.78, 5) is 11.6. The zero-order valence-corrected chi connectivity index (χ0v) is 18.4. The molecule has 0 atom stereocenters. The zero-order valence-electron chi connectivity index (χ0n) is 15.2. The summed E-state index contributed by atoms with van der Waals surface area (Å²) in [6, 6.07) is 17.4. The van der Waals surface area contributed by atoms with E-state index in [1.165, 1.54) is 7.11 Å². The first-order valence-corrected chi connectivity index (χ1v) is 10.2. The molecule has 3 aromatic rings. The Morgan fingerprint density at radius 1 is 1.00 bits per heavy atom. The van der Waals surface area contributed by atoms with Crippen LogP contribution in [0.1, 0.15) is 15.9 Å². The van der Waals surface area contributed by atoms with Crippen LogP contribution in [0.25, 0.3) is 0 Å². The van der Waals surface area contributed by atoms with Crippen LogP contribution in [-0.4, -0.2) is 24.3 Å². The van der Waals surface area contributed by atoms with E-state index >= 15 is 0 Å². The molecule has 0 aliphatic heterocycles. The molecule has 0 saturated heterocycles. The molecule has 0 amide bonds. The van der Waals surface area contributed by atoms with Crippen LogP contribution < -0.4 is 9.47 Å². The maximum Gasteiger partial charge on any atom is 0.339 e. The van der Waals surface area contributed by atoms with E-state index in [9.17, 15) is 4.79 Å². The minimum Gasteiger partial charge on any atom is -0.490 e. The third-order valence-corrected chi connectivity index (χ3v) is 5.49. The molecule has 1 aromatic heterocycles. The van der Waals surface area contributed by atoms with Crippen molar-refractivity contribution in [2.45, 2.75) is 13.2 Å². The van der Waals surface area contributed by atoms with Gasteiger partial charge in [0.1, 0.15) is 29.2 Å². The fourth-order valence-electron chi connectivity index (χ4n) is 2.58. The van der Waals surface area contributed by atoms with Gasteiger partial charge in [-0.2, -0.15) is 0 Å². The van der Waals surface area contributed by atoms with E-state index < -0.39 is 0 Å². The predicted molar refractivity (Wildman–Crippen MR) is 114 cm³/mol. The van der Waals surface area contributed by atoms with Crippen molar-refractivity contribution in [3.63, 3.8) is 0 Å². The van der Waals surface area contributed by atoms with Crippen molar-refractivity contribution < 1.29 is 19.0 Å². The third kappa shape index (κ3) is 5.17. The van der Waals surface area contributed by atoms with Crippen LogP contribution >= 0.6 is 31.9 Å². The Kier molecular flexibility index (Phi) is 7.17. The van der Waals surface area contributed by atoms with Crippen molar-refractivity contribution in [2.24, 2.45) is 0 Å². The molecular formula is C21H19Br2NO4. The molecule has 0 aliphatic carbocycles. The highest BCUT2D eigenvalue weighted by atomic mass is 79.9. The van der Waals surface area contributed by atoms with Crippen LogP contribution in [-0.2, 0) is 17.9 Å². The second-order valence-corrected chi connectivity index (χ2v) is 7.53. The van der Waals surface area contributed by atoms with Crippen LogP contribution in [0.15, 0.2) is 69.9 Å². The Morgan fingerprint density at radius 3 is 2.43 bits per heavy atom. The van der Waals surface area contributed by atoms with E-state index in [-0.39, 0.29) is 5.97 Å². The molecule has 0 bridgehead atoms. The first-order valence-electron chi connectivity index (χ1n) is 8.60. The molecule has 5 nitrogen and oxygen atoms in total. The number of ether oxygens (including phenoxy) is 3. The normalized spacial score (nSPS) is 10.5. The third-order valence-electron chi connectivity index (χ3n) is 4.02. The topological polar surface area (TPSA) is 49.7 Å². The van der Waals surface area contributed by atoms with E-state index in [0.29, 0.717) is 31.1 Å². The smallest absolute Gasteiger partial charge is 0.339 e. The van der Waals surface area contributed by atoms with Gasteiger partial charge in [-0.05, 0) is 55.6 Å². The molecule has 0 fully saturated rings. The van der Waals surface area contributed by atoms with Crippen molar-refractivity contribution in [2.75, 3.05) is 13.7 Å². The van der Waals surface area contributed by atoms with Crippen molar-refractivity contribution in [3.8, 4) is 11.5 Å². The second-order valence-electron chi connectivity index (χ2n) is 5.93. The molecule has 0 saturated carbocycles. The van der Waals surface area contributed by atoms with Crippen molar-refractivity contribution in [3.05, 3.63) is 81.0 Å². The van der Waals surface area contributed by atoms with Gasteiger partial charge >= 0.3 is 5.97 Å². The largest absolute Gasteiger partial charge is 0.490 e. The Bertz CT molecular complexity index is 941. The molecule has 0 radical (unpaired) electrons. The summed E-state index contributed by atoms with van der Waals surface area (Å²) in [6.45, 7) is 1.48. The number of halogens is 2. The number of carbonyl (C=O) groups excluding carboxylic acids is 1. The van der Waals surface area contributed by atoms with E-state index in [2.05, 4.69) is 31.9 Å². The lowest BCUT2D eigenvalue weighted by Gasteiger charge is -2.13. The van der Waals surface area contributed by atoms with Gasteiger partial charge in [0.2, 0.25) is 0 Å². The summed E-state index contributed by atoms with van der Waals surface area (Å²) in [5, 5.41) is 0. The molecule has 7 heteroatoms. The van der Waals surface area contributed by atoms with Crippen molar-refractivity contribution in [1.29, 1.82) is 0 Å². The summed E-state index contributed by atoms with van der Waals surface area (Å²) in [7, 11) is 1.36. The molecule has 3 rings (SSSR count). The Labute approximate surface area is 180 Å². The van der Waals surface area contributed by atoms with Crippen LogP contribution in [0, 0.1) is 0 Å². The molecule has 146 valence electrons. The van der Waals surface area contributed by atoms with Gasteiger partial charge in [0.05, 0.1) is 23.8 Å². The maximum atomic E-state index is 11.6. The molecular weight excluding hydrogens is 490 g/mol.